The summed E-state index contributed by atoms with van der Waals surface area (Å²) >= 11 is 3.01. The van der Waals surface area contributed by atoms with Gasteiger partial charge in [0.2, 0.25) is 5.95 Å². The van der Waals surface area contributed by atoms with E-state index in [1.807, 2.05) is 0 Å². The Morgan fingerprint density at radius 3 is 2.79 bits per heavy atom. The Hall–Kier alpha value is -1.37. The van der Waals surface area contributed by atoms with Crippen LogP contribution in [0.2, 0.25) is 0 Å². The van der Waals surface area contributed by atoms with Crippen LogP contribution in [0.4, 0.5) is 5.95 Å². The Kier molecular flexibility index (Phi) is 2.90. The van der Waals surface area contributed by atoms with Crippen LogP contribution in [0, 0.1) is 6.92 Å². The first-order valence-electron chi connectivity index (χ1n) is 3.67. The number of aromatic nitrogens is 2. The maximum Gasteiger partial charge on any atom is 0.323 e. The van der Waals surface area contributed by atoms with Crippen LogP contribution in [0.25, 0.3) is 0 Å². The van der Waals surface area contributed by atoms with Gasteiger partial charge in [-0.3, -0.25) is 14.2 Å². The van der Waals surface area contributed by atoms with E-state index in [4.69, 9.17) is 10.8 Å². The molecule has 0 atom stereocenters. The largest absolute Gasteiger partial charge is 0.480 e. The fourth-order valence-electron chi connectivity index (χ4n) is 0.947. The molecule has 0 spiro atoms. The van der Waals surface area contributed by atoms with Crippen LogP contribution in [0.5, 0.6) is 0 Å². The van der Waals surface area contributed by atoms with Crippen molar-refractivity contribution in [1.29, 1.82) is 0 Å². The highest BCUT2D eigenvalue weighted by Crippen LogP contribution is 2.09. The fraction of sp³-hybridized carbons (Fsp3) is 0.286. The number of carboxylic acids is 1. The number of aryl methyl sites for hydroxylation is 1. The minimum absolute atomic E-state index is 0.0990. The van der Waals surface area contributed by atoms with Crippen molar-refractivity contribution < 1.29 is 9.90 Å². The molecule has 1 aromatic rings. The smallest absolute Gasteiger partial charge is 0.323 e. The molecule has 14 heavy (non-hydrogen) atoms. The van der Waals surface area contributed by atoms with Crippen molar-refractivity contribution in [3.8, 4) is 0 Å². The third kappa shape index (κ3) is 1.92. The Balaban J connectivity index is 3.37. The lowest BCUT2D eigenvalue weighted by molar-refractivity contribution is -0.137. The number of rotatable bonds is 2. The van der Waals surface area contributed by atoms with Gasteiger partial charge < -0.3 is 10.8 Å². The first-order chi connectivity index (χ1) is 6.43. The summed E-state index contributed by atoms with van der Waals surface area (Å²) in [4.78, 5) is 25.7. The topological polar surface area (TPSA) is 98.2 Å². The quantitative estimate of drug-likeness (QED) is 0.780. The Morgan fingerprint density at radius 2 is 2.29 bits per heavy atom. The molecule has 1 aromatic heterocycles. The lowest BCUT2D eigenvalue weighted by Crippen LogP contribution is -2.28. The molecule has 76 valence electrons. The number of aliphatic carboxylic acids is 1. The number of hydrogen-bond acceptors (Lipinski definition) is 4. The van der Waals surface area contributed by atoms with Crippen molar-refractivity contribution in [3.63, 3.8) is 0 Å². The Labute approximate surface area is 87.5 Å². The summed E-state index contributed by atoms with van der Waals surface area (Å²) in [6, 6.07) is 0. The van der Waals surface area contributed by atoms with Crippen molar-refractivity contribution in [2.75, 3.05) is 5.73 Å². The van der Waals surface area contributed by atoms with E-state index in [2.05, 4.69) is 20.9 Å². The standard InChI is InChI=1S/C7H8BrN3O3/c1-3-5(8)6(14)11(2-4(12)13)7(9)10-3/h2H2,1H3,(H2,9,10)(H,12,13). The fourth-order valence-corrected chi connectivity index (χ4v) is 1.25. The highest BCUT2D eigenvalue weighted by molar-refractivity contribution is 9.10. The van der Waals surface area contributed by atoms with Crippen LogP contribution in [-0.4, -0.2) is 20.6 Å². The second-order valence-electron chi connectivity index (χ2n) is 2.65. The number of anilines is 1. The van der Waals surface area contributed by atoms with Crippen LogP contribution in [0.1, 0.15) is 5.69 Å². The molecule has 0 saturated carbocycles. The van der Waals surface area contributed by atoms with E-state index in [0.29, 0.717) is 5.69 Å². The van der Waals surface area contributed by atoms with Gasteiger partial charge in [-0.25, -0.2) is 4.98 Å². The molecule has 1 heterocycles. The van der Waals surface area contributed by atoms with Gasteiger partial charge in [-0.15, -0.1) is 0 Å². The van der Waals surface area contributed by atoms with Crippen LogP contribution in [0.3, 0.4) is 0 Å². The van der Waals surface area contributed by atoms with Crippen LogP contribution in [-0.2, 0) is 11.3 Å². The summed E-state index contributed by atoms with van der Waals surface area (Å²) in [5.41, 5.74) is 5.36. The molecule has 0 saturated heterocycles. The predicted octanol–water partition coefficient (Wildman–Crippen LogP) is -0.0190. The normalized spacial score (nSPS) is 10.1. The maximum absolute atomic E-state index is 11.5. The summed E-state index contributed by atoms with van der Waals surface area (Å²) in [7, 11) is 0. The van der Waals surface area contributed by atoms with Gasteiger partial charge in [0.1, 0.15) is 11.0 Å². The molecule has 0 bridgehead atoms. The average molecular weight is 262 g/mol. The molecular weight excluding hydrogens is 254 g/mol. The first-order valence-corrected chi connectivity index (χ1v) is 4.47. The number of nitrogens with zero attached hydrogens (tertiary/aromatic N) is 2. The predicted molar refractivity (Wildman–Crippen MR) is 53.0 cm³/mol. The van der Waals surface area contributed by atoms with E-state index < -0.39 is 18.1 Å². The molecule has 0 aliphatic heterocycles. The van der Waals surface area contributed by atoms with Gasteiger partial charge in [0.05, 0.1) is 5.69 Å². The molecule has 0 unspecified atom stereocenters. The van der Waals surface area contributed by atoms with E-state index >= 15 is 0 Å². The molecule has 0 radical (unpaired) electrons. The summed E-state index contributed by atoms with van der Waals surface area (Å²) in [5, 5.41) is 8.52. The van der Waals surface area contributed by atoms with E-state index in [-0.39, 0.29) is 10.4 Å². The molecule has 0 aliphatic rings. The zero-order chi connectivity index (χ0) is 10.9. The molecule has 7 heteroatoms. The second kappa shape index (κ2) is 3.79. The zero-order valence-corrected chi connectivity index (χ0v) is 8.91. The van der Waals surface area contributed by atoms with Crippen LogP contribution in [0.15, 0.2) is 9.27 Å². The number of carboxylic acid groups (broad SMARTS) is 1. The second-order valence-corrected chi connectivity index (χ2v) is 3.45. The van der Waals surface area contributed by atoms with Crippen molar-refractivity contribution in [2.24, 2.45) is 0 Å². The van der Waals surface area contributed by atoms with E-state index in [9.17, 15) is 9.59 Å². The number of hydrogen-bond donors (Lipinski definition) is 2. The summed E-state index contributed by atoms with van der Waals surface area (Å²) in [5.74, 6) is -1.24. The van der Waals surface area contributed by atoms with Gasteiger partial charge in [0.25, 0.3) is 5.56 Å². The van der Waals surface area contributed by atoms with Gasteiger partial charge in [0, 0.05) is 0 Å². The number of nitrogen functional groups attached to an aromatic ring is 1. The molecular formula is C7H8BrN3O3. The van der Waals surface area contributed by atoms with Crippen molar-refractivity contribution >= 4 is 27.8 Å². The monoisotopic (exact) mass is 261 g/mol. The van der Waals surface area contributed by atoms with Gasteiger partial charge in [-0.2, -0.15) is 0 Å². The summed E-state index contributed by atoms with van der Waals surface area (Å²) in [6.07, 6.45) is 0. The molecule has 1 rings (SSSR count). The van der Waals surface area contributed by atoms with Crippen molar-refractivity contribution in [3.05, 3.63) is 20.5 Å². The minimum atomic E-state index is -1.14. The van der Waals surface area contributed by atoms with E-state index in [1.54, 1.807) is 6.92 Å². The summed E-state index contributed by atoms with van der Waals surface area (Å²) in [6.45, 7) is 1.11. The van der Waals surface area contributed by atoms with Gasteiger partial charge >= 0.3 is 5.97 Å². The van der Waals surface area contributed by atoms with Crippen molar-refractivity contribution in [2.45, 2.75) is 13.5 Å². The highest BCUT2D eigenvalue weighted by Gasteiger charge is 2.11. The first kappa shape index (κ1) is 10.7. The summed E-state index contributed by atoms with van der Waals surface area (Å²) < 4.78 is 1.12. The lowest BCUT2D eigenvalue weighted by Gasteiger charge is -2.07. The Bertz CT molecular complexity index is 441. The van der Waals surface area contributed by atoms with Crippen LogP contribution < -0.4 is 11.3 Å². The van der Waals surface area contributed by atoms with Gasteiger partial charge in [-0.05, 0) is 22.9 Å². The zero-order valence-electron chi connectivity index (χ0n) is 7.32. The van der Waals surface area contributed by atoms with Gasteiger partial charge in [0.15, 0.2) is 0 Å². The third-order valence-corrected chi connectivity index (χ3v) is 2.52. The molecule has 0 aromatic carbocycles. The molecule has 0 fully saturated rings. The number of nitrogens with two attached hydrogens (primary N) is 1. The minimum Gasteiger partial charge on any atom is -0.480 e. The SMILES string of the molecule is Cc1nc(N)n(CC(=O)O)c(=O)c1Br. The van der Waals surface area contributed by atoms with E-state index in [0.717, 1.165) is 4.57 Å². The van der Waals surface area contributed by atoms with Crippen molar-refractivity contribution in [1.82, 2.24) is 9.55 Å². The Morgan fingerprint density at radius 1 is 1.71 bits per heavy atom. The highest BCUT2D eigenvalue weighted by atomic mass is 79.9. The lowest BCUT2D eigenvalue weighted by atomic mass is 10.4. The number of carbonyl (C=O) groups is 1. The van der Waals surface area contributed by atoms with Gasteiger partial charge in [-0.1, -0.05) is 0 Å². The molecule has 0 amide bonds. The molecule has 3 N–H and O–H groups in total. The molecule has 0 aliphatic carbocycles. The van der Waals surface area contributed by atoms with Crippen LogP contribution >= 0.6 is 15.9 Å². The number of halogens is 1. The third-order valence-electron chi connectivity index (χ3n) is 1.60. The molecule has 6 nitrogen and oxygen atoms in total. The maximum atomic E-state index is 11.5. The average Bonchev–Trinajstić information content (AvgIpc) is 2.09. The van der Waals surface area contributed by atoms with E-state index in [1.165, 1.54) is 0 Å².